The van der Waals surface area contributed by atoms with Crippen LogP contribution in [0.15, 0.2) is 34.9 Å². The molecule has 1 aromatic carbocycles. The molecule has 0 unspecified atom stereocenters. The van der Waals surface area contributed by atoms with Crippen LogP contribution < -0.4 is 10.1 Å². The van der Waals surface area contributed by atoms with Crippen LogP contribution in [-0.4, -0.2) is 17.0 Å². The van der Waals surface area contributed by atoms with E-state index in [1.807, 2.05) is 18.2 Å². The van der Waals surface area contributed by atoms with E-state index < -0.39 is 0 Å². The maximum absolute atomic E-state index is 9.17. The highest BCUT2D eigenvalue weighted by Crippen LogP contribution is 2.37. The molecule has 1 N–H and O–H groups in total. The van der Waals surface area contributed by atoms with E-state index in [1.165, 1.54) is 6.20 Å². The van der Waals surface area contributed by atoms with Gasteiger partial charge < -0.3 is 14.5 Å². The van der Waals surface area contributed by atoms with Gasteiger partial charge in [-0.1, -0.05) is 23.7 Å². The Morgan fingerprint density at radius 3 is 2.95 bits per heavy atom. The number of benzene rings is 1. The Balaban J connectivity index is 2.12. The number of nitriles is 1. The number of halogens is 1. The molecule has 3 rings (SSSR count). The standard InChI is InChI=1S/C14H9ClN4O2/c1-17-14-18-7-9(15)13(19-14)21-12-8-4-2-3-5-10(8)20-11(12)6-16/h2-5,7H,1H3,(H,17,18,19). The number of nitrogens with one attached hydrogen (secondary N) is 1. The predicted octanol–water partition coefficient (Wildman–Crippen LogP) is 3.58. The highest BCUT2D eigenvalue weighted by atomic mass is 35.5. The molecule has 2 aromatic heterocycles. The fourth-order valence-corrected chi connectivity index (χ4v) is 1.97. The third-order valence-corrected chi connectivity index (χ3v) is 3.05. The van der Waals surface area contributed by atoms with Gasteiger partial charge >= 0.3 is 0 Å². The fourth-order valence-electron chi connectivity index (χ4n) is 1.84. The van der Waals surface area contributed by atoms with Crippen LogP contribution in [-0.2, 0) is 0 Å². The smallest absolute Gasteiger partial charge is 0.247 e. The summed E-state index contributed by atoms with van der Waals surface area (Å²) in [6, 6.07) is 9.15. The molecule has 0 amide bonds. The zero-order valence-electron chi connectivity index (χ0n) is 10.9. The van der Waals surface area contributed by atoms with Gasteiger partial charge in [0.15, 0.2) is 5.75 Å². The first-order valence-electron chi connectivity index (χ1n) is 6.02. The molecule has 0 fully saturated rings. The van der Waals surface area contributed by atoms with Gasteiger partial charge in [-0.15, -0.1) is 0 Å². The van der Waals surface area contributed by atoms with Crippen LogP contribution in [0.2, 0.25) is 5.02 Å². The molecule has 0 spiro atoms. The Morgan fingerprint density at radius 2 is 2.19 bits per heavy atom. The van der Waals surface area contributed by atoms with Gasteiger partial charge in [0, 0.05) is 7.05 Å². The topological polar surface area (TPSA) is 84.0 Å². The molecule has 104 valence electrons. The van der Waals surface area contributed by atoms with Crippen molar-refractivity contribution in [2.24, 2.45) is 0 Å². The van der Waals surface area contributed by atoms with Gasteiger partial charge in [-0.3, -0.25) is 0 Å². The molecule has 2 heterocycles. The highest BCUT2D eigenvalue weighted by Gasteiger charge is 2.18. The number of rotatable bonds is 3. The van der Waals surface area contributed by atoms with Gasteiger partial charge in [0.05, 0.1) is 11.6 Å². The van der Waals surface area contributed by atoms with Crippen molar-refractivity contribution in [1.29, 1.82) is 5.26 Å². The molecule has 0 aliphatic carbocycles. The number of anilines is 1. The van der Waals surface area contributed by atoms with E-state index in [-0.39, 0.29) is 22.4 Å². The molecule has 6 nitrogen and oxygen atoms in total. The summed E-state index contributed by atoms with van der Waals surface area (Å²) in [5.41, 5.74) is 0.558. The summed E-state index contributed by atoms with van der Waals surface area (Å²) in [6.45, 7) is 0. The highest BCUT2D eigenvalue weighted by molar-refractivity contribution is 6.31. The molecule has 3 aromatic rings. The predicted molar refractivity (Wildman–Crippen MR) is 77.6 cm³/mol. The van der Waals surface area contributed by atoms with Crippen LogP contribution in [0.4, 0.5) is 5.95 Å². The number of fused-ring (bicyclic) bond motifs is 1. The second-order valence-electron chi connectivity index (χ2n) is 4.07. The van der Waals surface area contributed by atoms with Crippen molar-refractivity contribution in [3.8, 4) is 17.7 Å². The molecular formula is C14H9ClN4O2. The number of furan rings is 1. The van der Waals surface area contributed by atoms with E-state index in [1.54, 1.807) is 19.2 Å². The summed E-state index contributed by atoms with van der Waals surface area (Å²) in [7, 11) is 1.68. The molecular weight excluding hydrogens is 292 g/mol. The van der Waals surface area contributed by atoms with Gasteiger partial charge in [0.1, 0.15) is 16.7 Å². The third kappa shape index (κ3) is 2.35. The lowest BCUT2D eigenvalue weighted by Gasteiger charge is -2.06. The van der Waals surface area contributed by atoms with Gasteiger partial charge in [-0.25, -0.2) is 4.98 Å². The minimum atomic E-state index is 0.0666. The van der Waals surface area contributed by atoms with Crippen molar-refractivity contribution in [2.45, 2.75) is 0 Å². The Morgan fingerprint density at radius 1 is 1.38 bits per heavy atom. The molecule has 7 heteroatoms. The monoisotopic (exact) mass is 300 g/mol. The molecule has 0 aliphatic rings. The van der Waals surface area contributed by atoms with Crippen LogP contribution in [0.25, 0.3) is 11.0 Å². The first kappa shape index (κ1) is 13.2. The first-order chi connectivity index (χ1) is 10.2. The molecule has 0 bridgehead atoms. The van der Waals surface area contributed by atoms with Crippen LogP contribution in [0, 0.1) is 11.3 Å². The molecule has 0 atom stereocenters. The van der Waals surface area contributed by atoms with E-state index >= 15 is 0 Å². The quantitative estimate of drug-likeness (QED) is 0.796. The Kier molecular flexibility index (Phi) is 3.34. The normalized spacial score (nSPS) is 10.3. The van der Waals surface area contributed by atoms with E-state index in [0.717, 1.165) is 0 Å². The van der Waals surface area contributed by atoms with Crippen LogP contribution in [0.3, 0.4) is 0 Å². The Bertz CT molecular complexity index is 854. The second-order valence-corrected chi connectivity index (χ2v) is 4.47. The molecule has 0 aliphatic heterocycles. The van der Waals surface area contributed by atoms with Crippen molar-refractivity contribution >= 4 is 28.5 Å². The van der Waals surface area contributed by atoms with Crippen molar-refractivity contribution in [1.82, 2.24) is 9.97 Å². The van der Waals surface area contributed by atoms with E-state index in [9.17, 15) is 0 Å². The van der Waals surface area contributed by atoms with E-state index in [0.29, 0.717) is 16.9 Å². The first-order valence-corrected chi connectivity index (χ1v) is 6.40. The minimum absolute atomic E-state index is 0.0666. The van der Waals surface area contributed by atoms with Crippen LogP contribution in [0.1, 0.15) is 5.76 Å². The zero-order valence-corrected chi connectivity index (χ0v) is 11.7. The number of ether oxygens (including phenoxy) is 1. The average Bonchev–Trinajstić information content (AvgIpc) is 2.87. The minimum Gasteiger partial charge on any atom is -0.442 e. The summed E-state index contributed by atoms with van der Waals surface area (Å²) >= 11 is 6.03. The van der Waals surface area contributed by atoms with Crippen LogP contribution >= 0.6 is 11.6 Å². The van der Waals surface area contributed by atoms with Crippen LogP contribution in [0.5, 0.6) is 11.6 Å². The third-order valence-electron chi connectivity index (χ3n) is 2.79. The average molecular weight is 301 g/mol. The Labute approximate surface area is 124 Å². The molecule has 21 heavy (non-hydrogen) atoms. The second kappa shape index (κ2) is 5.31. The maximum Gasteiger partial charge on any atom is 0.247 e. The Hall–Kier alpha value is -2.78. The zero-order chi connectivity index (χ0) is 14.8. The van der Waals surface area contributed by atoms with Crippen molar-refractivity contribution < 1.29 is 9.15 Å². The summed E-state index contributed by atoms with van der Waals surface area (Å²) < 4.78 is 11.1. The fraction of sp³-hybridized carbons (Fsp3) is 0.0714. The number of para-hydroxylation sites is 1. The maximum atomic E-state index is 9.17. The largest absolute Gasteiger partial charge is 0.442 e. The summed E-state index contributed by atoms with van der Waals surface area (Å²) in [5, 5.41) is 12.9. The molecule has 0 radical (unpaired) electrons. The molecule has 0 saturated heterocycles. The number of aromatic nitrogens is 2. The van der Waals surface area contributed by atoms with Gasteiger partial charge in [-0.05, 0) is 12.1 Å². The van der Waals surface area contributed by atoms with Crippen molar-refractivity contribution in [3.05, 3.63) is 41.2 Å². The van der Waals surface area contributed by atoms with Gasteiger partial charge in [-0.2, -0.15) is 10.2 Å². The van der Waals surface area contributed by atoms with Crippen molar-refractivity contribution in [3.63, 3.8) is 0 Å². The number of nitrogens with zero attached hydrogens (tertiary/aromatic N) is 3. The lowest BCUT2D eigenvalue weighted by molar-refractivity contribution is 0.450. The molecule has 0 saturated carbocycles. The lowest BCUT2D eigenvalue weighted by Crippen LogP contribution is -1.98. The van der Waals surface area contributed by atoms with Gasteiger partial charge in [0.25, 0.3) is 0 Å². The SMILES string of the molecule is CNc1ncc(Cl)c(Oc2c(C#N)oc3ccccc23)n1. The summed E-state index contributed by atoms with van der Waals surface area (Å²) in [5.74, 6) is 0.868. The number of hydrogen-bond acceptors (Lipinski definition) is 6. The lowest BCUT2D eigenvalue weighted by atomic mass is 10.2. The van der Waals surface area contributed by atoms with E-state index in [2.05, 4.69) is 15.3 Å². The summed E-state index contributed by atoms with van der Waals surface area (Å²) in [6.07, 6.45) is 1.42. The van der Waals surface area contributed by atoms with Crippen molar-refractivity contribution in [2.75, 3.05) is 12.4 Å². The summed E-state index contributed by atoms with van der Waals surface area (Å²) in [4.78, 5) is 8.09. The van der Waals surface area contributed by atoms with Gasteiger partial charge in [0.2, 0.25) is 17.6 Å². The van der Waals surface area contributed by atoms with E-state index in [4.69, 9.17) is 26.0 Å². The number of hydrogen-bond donors (Lipinski definition) is 1.